The summed E-state index contributed by atoms with van der Waals surface area (Å²) in [5.41, 5.74) is 3.21. The van der Waals surface area contributed by atoms with E-state index in [9.17, 15) is 0 Å². The molecule has 2 aromatic rings. The lowest BCUT2D eigenvalue weighted by Gasteiger charge is -2.11. The highest BCUT2D eigenvalue weighted by molar-refractivity contribution is 5.46. The third-order valence-corrected chi connectivity index (χ3v) is 2.99. The Morgan fingerprint density at radius 2 is 1.89 bits per heavy atom. The van der Waals surface area contributed by atoms with Gasteiger partial charge in [-0.15, -0.1) is 0 Å². The van der Waals surface area contributed by atoms with Crippen molar-refractivity contribution in [2.75, 3.05) is 6.54 Å². The van der Waals surface area contributed by atoms with Crippen LogP contribution >= 0.6 is 0 Å². The standard InChI is InChI=1S/C13H19N5/c1-5-14-8-11-9(2)16-12(17-10(11)3)13-15-6-7-18(13)4/h6-7,14H,5,8H2,1-4H3. The number of imidazole rings is 1. The molecular weight excluding hydrogens is 226 g/mol. The van der Waals surface area contributed by atoms with Crippen molar-refractivity contribution in [3.63, 3.8) is 0 Å². The van der Waals surface area contributed by atoms with Crippen LogP contribution in [0.3, 0.4) is 0 Å². The topological polar surface area (TPSA) is 55.6 Å². The lowest BCUT2D eigenvalue weighted by Crippen LogP contribution is -2.16. The van der Waals surface area contributed by atoms with E-state index < -0.39 is 0 Å². The number of rotatable bonds is 4. The minimum absolute atomic E-state index is 0.692. The first-order valence-corrected chi connectivity index (χ1v) is 6.16. The maximum absolute atomic E-state index is 4.56. The average Bonchev–Trinajstić information content (AvgIpc) is 2.74. The number of aromatic nitrogens is 4. The van der Waals surface area contributed by atoms with E-state index in [2.05, 4.69) is 27.2 Å². The lowest BCUT2D eigenvalue weighted by atomic mass is 10.1. The van der Waals surface area contributed by atoms with E-state index in [-0.39, 0.29) is 0 Å². The molecule has 2 rings (SSSR count). The zero-order valence-electron chi connectivity index (χ0n) is 11.4. The molecule has 0 amide bonds. The van der Waals surface area contributed by atoms with E-state index in [1.807, 2.05) is 31.7 Å². The Bertz CT molecular complexity index is 521. The summed E-state index contributed by atoms with van der Waals surface area (Å²) in [6, 6.07) is 0. The monoisotopic (exact) mass is 245 g/mol. The van der Waals surface area contributed by atoms with Gasteiger partial charge in [0.05, 0.1) is 0 Å². The van der Waals surface area contributed by atoms with Crippen molar-refractivity contribution >= 4 is 0 Å². The number of hydrogen-bond acceptors (Lipinski definition) is 4. The van der Waals surface area contributed by atoms with Gasteiger partial charge in [-0.3, -0.25) is 0 Å². The molecule has 0 aliphatic heterocycles. The Morgan fingerprint density at radius 1 is 1.22 bits per heavy atom. The second-order valence-electron chi connectivity index (χ2n) is 4.34. The molecule has 5 nitrogen and oxygen atoms in total. The van der Waals surface area contributed by atoms with Gasteiger partial charge in [0.2, 0.25) is 0 Å². The molecule has 96 valence electrons. The van der Waals surface area contributed by atoms with Crippen molar-refractivity contribution in [1.29, 1.82) is 0 Å². The number of hydrogen-bond donors (Lipinski definition) is 1. The normalized spacial score (nSPS) is 10.9. The van der Waals surface area contributed by atoms with E-state index in [0.29, 0.717) is 5.82 Å². The van der Waals surface area contributed by atoms with E-state index in [4.69, 9.17) is 0 Å². The molecule has 0 saturated carbocycles. The predicted octanol–water partition coefficient (Wildman–Crippen LogP) is 1.60. The predicted molar refractivity (Wildman–Crippen MR) is 71.1 cm³/mol. The third kappa shape index (κ3) is 2.41. The molecule has 2 heterocycles. The minimum Gasteiger partial charge on any atom is -0.331 e. The summed E-state index contributed by atoms with van der Waals surface area (Å²) >= 11 is 0. The Labute approximate surface area is 107 Å². The zero-order chi connectivity index (χ0) is 13.1. The smallest absolute Gasteiger partial charge is 0.196 e. The first kappa shape index (κ1) is 12.7. The zero-order valence-corrected chi connectivity index (χ0v) is 11.4. The molecule has 0 radical (unpaired) electrons. The van der Waals surface area contributed by atoms with Gasteiger partial charge < -0.3 is 9.88 Å². The molecule has 1 N–H and O–H groups in total. The first-order chi connectivity index (χ1) is 8.63. The highest BCUT2D eigenvalue weighted by atomic mass is 15.1. The van der Waals surface area contributed by atoms with Crippen molar-refractivity contribution < 1.29 is 0 Å². The molecule has 0 aromatic carbocycles. The van der Waals surface area contributed by atoms with Crippen LogP contribution in [0.4, 0.5) is 0 Å². The van der Waals surface area contributed by atoms with Gasteiger partial charge in [-0.25, -0.2) is 15.0 Å². The molecule has 0 bridgehead atoms. The van der Waals surface area contributed by atoms with Crippen LogP contribution in [-0.2, 0) is 13.6 Å². The van der Waals surface area contributed by atoms with E-state index >= 15 is 0 Å². The average molecular weight is 245 g/mol. The van der Waals surface area contributed by atoms with Gasteiger partial charge in [0.15, 0.2) is 11.6 Å². The molecule has 0 unspecified atom stereocenters. The maximum Gasteiger partial charge on any atom is 0.196 e. The molecule has 5 heteroatoms. The first-order valence-electron chi connectivity index (χ1n) is 6.16. The summed E-state index contributed by atoms with van der Waals surface area (Å²) < 4.78 is 1.93. The maximum atomic E-state index is 4.56. The summed E-state index contributed by atoms with van der Waals surface area (Å²) in [5.74, 6) is 1.49. The quantitative estimate of drug-likeness (QED) is 0.889. The van der Waals surface area contributed by atoms with Crippen LogP contribution in [0.2, 0.25) is 0 Å². The van der Waals surface area contributed by atoms with Crippen LogP contribution in [0, 0.1) is 13.8 Å². The van der Waals surface area contributed by atoms with Gasteiger partial charge >= 0.3 is 0 Å². The van der Waals surface area contributed by atoms with Crippen molar-refractivity contribution in [1.82, 2.24) is 24.8 Å². The molecule has 0 aliphatic carbocycles. The van der Waals surface area contributed by atoms with Gasteiger partial charge in [-0.2, -0.15) is 0 Å². The van der Waals surface area contributed by atoms with Crippen molar-refractivity contribution in [3.8, 4) is 11.6 Å². The summed E-state index contributed by atoms with van der Waals surface area (Å²) in [6.07, 6.45) is 3.66. The van der Waals surface area contributed by atoms with E-state index in [1.54, 1.807) is 6.20 Å². The van der Waals surface area contributed by atoms with E-state index in [0.717, 1.165) is 30.3 Å². The SMILES string of the molecule is CCNCc1c(C)nc(-c2nccn2C)nc1C. The number of nitrogens with one attached hydrogen (secondary N) is 1. The fraction of sp³-hybridized carbons (Fsp3) is 0.462. The molecule has 18 heavy (non-hydrogen) atoms. The van der Waals surface area contributed by atoms with Crippen molar-refractivity contribution in [3.05, 3.63) is 29.3 Å². The van der Waals surface area contributed by atoms with Crippen LogP contribution in [0.1, 0.15) is 23.9 Å². The summed E-state index contributed by atoms with van der Waals surface area (Å²) in [7, 11) is 1.95. The highest BCUT2D eigenvalue weighted by Gasteiger charge is 2.12. The Balaban J connectivity index is 2.39. The fourth-order valence-corrected chi connectivity index (χ4v) is 1.93. The molecule has 2 aromatic heterocycles. The van der Waals surface area contributed by atoms with Crippen LogP contribution < -0.4 is 5.32 Å². The minimum atomic E-state index is 0.692. The Kier molecular flexibility index (Phi) is 3.72. The Morgan fingerprint density at radius 3 is 2.39 bits per heavy atom. The largest absolute Gasteiger partial charge is 0.331 e. The summed E-state index contributed by atoms with van der Waals surface area (Å²) in [4.78, 5) is 13.4. The fourth-order valence-electron chi connectivity index (χ4n) is 1.93. The van der Waals surface area contributed by atoms with E-state index in [1.165, 1.54) is 5.56 Å². The van der Waals surface area contributed by atoms with Crippen molar-refractivity contribution in [2.45, 2.75) is 27.3 Å². The molecular formula is C13H19N5. The number of aryl methyl sites for hydroxylation is 3. The van der Waals surface area contributed by atoms with Crippen LogP contribution in [0.5, 0.6) is 0 Å². The van der Waals surface area contributed by atoms with Crippen molar-refractivity contribution in [2.24, 2.45) is 7.05 Å². The summed E-state index contributed by atoms with van der Waals surface area (Å²) in [6.45, 7) is 7.89. The second-order valence-corrected chi connectivity index (χ2v) is 4.34. The number of nitrogens with zero attached hydrogens (tertiary/aromatic N) is 4. The molecule has 0 atom stereocenters. The molecule has 0 fully saturated rings. The molecule has 0 spiro atoms. The van der Waals surface area contributed by atoms with Gasteiger partial charge in [0, 0.05) is 42.9 Å². The highest BCUT2D eigenvalue weighted by Crippen LogP contribution is 2.16. The second kappa shape index (κ2) is 5.27. The Hall–Kier alpha value is -1.75. The summed E-state index contributed by atoms with van der Waals surface area (Å²) in [5, 5.41) is 3.31. The third-order valence-electron chi connectivity index (χ3n) is 2.99. The van der Waals surface area contributed by atoms with Gasteiger partial charge in [-0.05, 0) is 20.4 Å². The van der Waals surface area contributed by atoms with Gasteiger partial charge in [0.1, 0.15) is 0 Å². The van der Waals surface area contributed by atoms with Gasteiger partial charge in [0.25, 0.3) is 0 Å². The van der Waals surface area contributed by atoms with Gasteiger partial charge in [-0.1, -0.05) is 6.92 Å². The van der Waals surface area contributed by atoms with Crippen LogP contribution in [0.25, 0.3) is 11.6 Å². The lowest BCUT2D eigenvalue weighted by molar-refractivity contribution is 0.710. The molecule has 0 saturated heterocycles. The molecule has 0 aliphatic rings. The van der Waals surface area contributed by atoms with Crippen LogP contribution in [0.15, 0.2) is 12.4 Å². The van der Waals surface area contributed by atoms with Crippen LogP contribution in [-0.4, -0.2) is 26.1 Å².